The summed E-state index contributed by atoms with van der Waals surface area (Å²) in [6.45, 7) is 1.40. The van der Waals surface area contributed by atoms with Crippen molar-refractivity contribution in [1.29, 1.82) is 0 Å². The highest BCUT2D eigenvalue weighted by atomic mass is 32.1. The molecule has 0 bridgehead atoms. The lowest BCUT2D eigenvalue weighted by molar-refractivity contribution is -0.119. The fourth-order valence-corrected chi connectivity index (χ4v) is 1.12. The molecule has 0 aromatic carbocycles. The molecule has 13 heavy (non-hydrogen) atoms. The molecule has 0 fully saturated rings. The minimum atomic E-state index is -0.512. The van der Waals surface area contributed by atoms with E-state index >= 15 is 0 Å². The van der Waals surface area contributed by atoms with Gasteiger partial charge in [-0.3, -0.25) is 4.79 Å². The van der Waals surface area contributed by atoms with Crippen LogP contribution in [0, 0.1) is 0 Å². The van der Waals surface area contributed by atoms with Gasteiger partial charge >= 0.3 is 0 Å². The zero-order valence-electron chi connectivity index (χ0n) is 7.11. The summed E-state index contributed by atoms with van der Waals surface area (Å²) >= 11 is 4.79. The molecule has 1 unspecified atom stereocenters. The molecule has 0 aliphatic heterocycles. The Morgan fingerprint density at radius 2 is 2.46 bits per heavy atom. The molecule has 1 rings (SSSR count). The third kappa shape index (κ3) is 2.55. The maximum absolute atomic E-state index is 10.8. The van der Waals surface area contributed by atoms with E-state index in [-0.39, 0.29) is 10.9 Å². The molecule has 0 spiro atoms. The molecule has 3 N–H and O–H groups in total. The van der Waals surface area contributed by atoms with E-state index in [4.69, 9.17) is 22.4 Å². The van der Waals surface area contributed by atoms with E-state index in [9.17, 15) is 4.79 Å². The molecule has 0 saturated carbocycles. The summed E-state index contributed by atoms with van der Waals surface area (Å²) in [7, 11) is 0. The highest BCUT2D eigenvalue weighted by Gasteiger charge is 2.17. The topological polar surface area (TPSA) is 68.3 Å². The molecule has 0 saturated heterocycles. The molecule has 4 nitrogen and oxygen atoms in total. The SMILES string of the molecule is CC(=O)NC(C(N)=S)c1ccco1. The Morgan fingerprint density at radius 3 is 2.85 bits per heavy atom. The largest absolute Gasteiger partial charge is 0.467 e. The lowest BCUT2D eigenvalue weighted by Crippen LogP contribution is -2.34. The zero-order chi connectivity index (χ0) is 9.84. The molecular weight excluding hydrogens is 188 g/mol. The van der Waals surface area contributed by atoms with E-state index in [1.165, 1.54) is 13.2 Å². The number of carbonyl (C=O) groups is 1. The minimum absolute atomic E-state index is 0.185. The summed E-state index contributed by atoms with van der Waals surface area (Å²) in [5.74, 6) is 0.344. The van der Waals surface area contributed by atoms with Gasteiger partial charge in [-0.15, -0.1) is 0 Å². The maximum atomic E-state index is 10.8. The number of carbonyl (C=O) groups excluding carboxylic acids is 1. The van der Waals surface area contributed by atoms with Crippen molar-refractivity contribution in [3.8, 4) is 0 Å². The summed E-state index contributed by atoms with van der Waals surface area (Å²) in [4.78, 5) is 11.0. The highest BCUT2D eigenvalue weighted by Crippen LogP contribution is 2.13. The lowest BCUT2D eigenvalue weighted by atomic mass is 10.2. The fraction of sp³-hybridized carbons (Fsp3) is 0.250. The molecule has 1 aromatic rings. The Hall–Kier alpha value is -1.36. The van der Waals surface area contributed by atoms with Gasteiger partial charge in [0.05, 0.1) is 6.26 Å². The average molecular weight is 198 g/mol. The van der Waals surface area contributed by atoms with Gasteiger partial charge in [-0.2, -0.15) is 0 Å². The molecule has 0 radical (unpaired) electrons. The molecule has 1 heterocycles. The number of nitrogens with one attached hydrogen (secondary N) is 1. The monoisotopic (exact) mass is 198 g/mol. The van der Waals surface area contributed by atoms with Gasteiger partial charge in [0, 0.05) is 6.92 Å². The first-order valence-corrected chi connectivity index (χ1v) is 4.12. The number of rotatable bonds is 3. The number of amides is 1. The summed E-state index contributed by atoms with van der Waals surface area (Å²) in [6.07, 6.45) is 1.50. The van der Waals surface area contributed by atoms with Crippen LogP contribution in [0.4, 0.5) is 0 Å². The van der Waals surface area contributed by atoms with Crippen LogP contribution >= 0.6 is 12.2 Å². The fourth-order valence-electron chi connectivity index (χ4n) is 0.941. The number of furan rings is 1. The second-order valence-electron chi connectivity index (χ2n) is 2.55. The van der Waals surface area contributed by atoms with E-state index in [0.29, 0.717) is 5.76 Å². The van der Waals surface area contributed by atoms with Crippen molar-refractivity contribution >= 4 is 23.1 Å². The van der Waals surface area contributed by atoms with Gasteiger partial charge in [0.25, 0.3) is 0 Å². The van der Waals surface area contributed by atoms with Crippen LogP contribution in [0.25, 0.3) is 0 Å². The van der Waals surface area contributed by atoms with Gasteiger partial charge < -0.3 is 15.5 Å². The summed E-state index contributed by atoms with van der Waals surface area (Å²) in [6, 6.07) is 2.91. The molecule has 70 valence electrons. The zero-order valence-corrected chi connectivity index (χ0v) is 7.93. The van der Waals surface area contributed by atoms with Crippen LogP contribution in [0.2, 0.25) is 0 Å². The van der Waals surface area contributed by atoms with Crippen molar-refractivity contribution in [2.45, 2.75) is 13.0 Å². The van der Waals surface area contributed by atoms with Crippen LogP contribution in [-0.2, 0) is 4.79 Å². The predicted molar refractivity (Wildman–Crippen MR) is 52.1 cm³/mol. The number of hydrogen-bond acceptors (Lipinski definition) is 3. The molecule has 1 aromatic heterocycles. The van der Waals surface area contributed by atoms with E-state index in [1.807, 2.05) is 0 Å². The van der Waals surface area contributed by atoms with E-state index in [1.54, 1.807) is 12.1 Å². The predicted octanol–water partition coefficient (Wildman–Crippen LogP) is 0.743. The van der Waals surface area contributed by atoms with E-state index in [0.717, 1.165) is 0 Å². The Balaban J connectivity index is 2.81. The average Bonchev–Trinajstić information content (AvgIpc) is 2.50. The molecular formula is C8H10N2O2S. The second kappa shape index (κ2) is 4.04. The van der Waals surface area contributed by atoms with Gasteiger partial charge in [0.2, 0.25) is 5.91 Å². The molecule has 1 atom stereocenters. The normalized spacial score (nSPS) is 12.1. The van der Waals surface area contributed by atoms with Crippen molar-refractivity contribution in [3.05, 3.63) is 24.2 Å². The van der Waals surface area contributed by atoms with Crippen LogP contribution in [-0.4, -0.2) is 10.9 Å². The molecule has 1 amide bonds. The Kier molecular flexibility index (Phi) is 3.02. The molecule has 0 aliphatic rings. The first kappa shape index (κ1) is 9.73. The Labute approximate surface area is 81.1 Å². The van der Waals surface area contributed by atoms with Crippen molar-refractivity contribution < 1.29 is 9.21 Å². The van der Waals surface area contributed by atoms with Crippen molar-refractivity contribution in [2.75, 3.05) is 0 Å². The molecule has 5 heteroatoms. The number of nitrogens with two attached hydrogens (primary N) is 1. The first-order chi connectivity index (χ1) is 6.11. The lowest BCUT2D eigenvalue weighted by Gasteiger charge is -2.12. The van der Waals surface area contributed by atoms with Crippen molar-refractivity contribution in [2.24, 2.45) is 5.73 Å². The summed E-state index contributed by atoms with van der Waals surface area (Å²) in [5.41, 5.74) is 5.43. The van der Waals surface area contributed by atoms with Crippen LogP contribution in [0.5, 0.6) is 0 Å². The molecule has 0 aliphatic carbocycles. The third-order valence-corrected chi connectivity index (χ3v) is 1.70. The standard InChI is InChI=1S/C8H10N2O2S/c1-5(11)10-7(8(9)13)6-3-2-4-12-6/h2-4,7H,1H3,(H2,9,13)(H,10,11). The van der Waals surface area contributed by atoms with Crippen LogP contribution in [0.3, 0.4) is 0 Å². The van der Waals surface area contributed by atoms with Crippen molar-refractivity contribution in [3.63, 3.8) is 0 Å². The van der Waals surface area contributed by atoms with E-state index < -0.39 is 6.04 Å². The quantitative estimate of drug-likeness (QED) is 0.703. The highest BCUT2D eigenvalue weighted by molar-refractivity contribution is 7.80. The summed E-state index contributed by atoms with van der Waals surface area (Å²) in [5, 5.41) is 2.58. The van der Waals surface area contributed by atoms with Crippen LogP contribution in [0.1, 0.15) is 18.7 Å². The van der Waals surface area contributed by atoms with Gasteiger partial charge in [0.1, 0.15) is 16.8 Å². The summed E-state index contributed by atoms with van der Waals surface area (Å²) < 4.78 is 5.08. The smallest absolute Gasteiger partial charge is 0.217 e. The number of hydrogen-bond donors (Lipinski definition) is 2. The maximum Gasteiger partial charge on any atom is 0.217 e. The third-order valence-electron chi connectivity index (χ3n) is 1.46. The van der Waals surface area contributed by atoms with E-state index in [2.05, 4.69) is 5.32 Å². The van der Waals surface area contributed by atoms with Gasteiger partial charge in [-0.1, -0.05) is 12.2 Å². The second-order valence-corrected chi connectivity index (χ2v) is 3.02. The van der Waals surface area contributed by atoms with Crippen molar-refractivity contribution in [1.82, 2.24) is 5.32 Å². The van der Waals surface area contributed by atoms with Gasteiger partial charge in [-0.05, 0) is 12.1 Å². The number of thiocarbonyl (C=S) groups is 1. The Bertz CT molecular complexity index is 308. The van der Waals surface area contributed by atoms with Crippen LogP contribution < -0.4 is 11.1 Å². The van der Waals surface area contributed by atoms with Gasteiger partial charge in [0.15, 0.2) is 0 Å². The minimum Gasteiger partial charge on any atom is -0.467 e. The van der Waals surface area contributed by atoms with Gasteiger partial charge in [-0.25, -0.2) is 0 Å². The Morgan fingerprint density at radius 1 is 1.77 bits per heavy atom. The first-order valence-electron chi connectivity index (χ1n) is 3.71. The van der Waals surface area contributed by atoms with Crippen LogP contribution in [0.15, 0.2) is 22.8 Å².